The third kappa shape index (κ3) is 6.11. The highest BCUT2D eigenvalue weighted by Crippen LogP contribution is 2.07. The molecular formula is C13H20N2O2S2. The van der Waals surface area contributed by atoms with Gasteiger partial charge in [0.2, 0.25) is 0 Å². The maximum Gasteiger partial charge on any atom is 0.315 e. The number of amides is 2. The van der Waals surface area contributed by atoms with Crippen molar-refractivity contribution in [2.75, 3.05) is 18.3 Å². The summed E-state index contributed by atoms with van der Waals surface area (Å²) in [6, 6.07) is 7.39. The summed E-state index contributed by atoms with van der Waals surface area (Å²) in [7, 11) is -0.962. The van der Waals surface area contributed by atoms with Crippen molar-refractivity contribution in [2.45, 2.75) is 24.4 Å². The molecule has 0 saturated heterocycles. The topological polar surface area (TPSA) is 58.2 Å². The molecule has 0 unspecified atom stereocenters. The molecule has 6 heteroatoms. The number of urea groups is 1. The van der Waals surface area contributed by atoms with Gasteiger partial charge in [-0.15, -0.1) is 0 Å². The number of hydrogen-bond donors (Lipinski definition) is 2. The Bertz CT molecular complexity index is 435. The van der Waals surface area contributed by atoms with E-state index >= 15 is 0 Å². The Labute approximate surface area is 121 Å². The second kappa shape index (κ2) is 8.22. The first-order chi connectivity index (χ1) is 9.02. The van der Waals surface area contributed by atoms with Crippen LogP contribution in [-0.2, 0) is 17.3 Å². The van der Waals surface area contributed by atoms with Crippen molar-refractivity contribution in [3.05, 3.63) is 29.8 Å². The van der Waals surface area contributed by atoms with E-state index in [1.54, 1.807) is 18.0 Å². The van der Waals surface area contributed by atoms with Gasteiger partial charge in [-0.1, -0.05) is 12.1 Å². The van der Waals surface area contributed by atoms with Gasteiger partial charge in [0.15, 0.2) is 0 Å². The number of carbonyl (C=O) groups excluding carboxylic acids is 1. The fourth-order valence-electron chi connectivity index (χ4n) is 1.55. The van der Waals surface area contributed by atoms with Crippen LogP contribution >= 0.6 is 11.8 Å². The second-order valence-corrected chi connectivity index (χ2v) is 6.57. The molecule has 1 aromatic carbocycles. The van der Waals surface area contributed by atoms with E-state index < -0.39 is 10.8 Å². The van der Waals surface area contributed by atoms with Crippen LogP contribution in [-0.4, -0.2) is 34.5 Å². The molecule has 0 aliphatic heterocycles. The molecule has 1 aromatic rings. The Hall–Kier alpha value is -1.01. The predicted octanol–water partition coefficient (Wildman–Crippen LogP) is 1.97. The summed E-state index contributed by atoms with van der Waals surface area (Å²) in [5, 5.41) is 5.66. The molecule has 0 aliphatic rings. The van der Waals surface area contributed by atoms with Crippen molar-refractivity contribution in [3.63, 3.8) is 0 Å². The number of rotatable bonds is 6. The van der Waals surface area contributed by atoms with E-state index in [4.69, 9.17) is 0 Å². The zero-order valence-electron chi connectivity index (χ0n) is 11.4. The second-order valence-electron chi connectivity index (χ2n) is 4.28. The van der Waals surface area contributed by atoms with Crippen LogP contribution in [0.15, 0.2) is 29.2 Å². The number of thioether (sulfide) groups is 1. The fourth-order valence-corrected chi connectivity index (χ4v) is 2.65. The maximum absolute atomic E-state index is 11.6. The minimum atomic E-state index is -0.962. The standard InChI is InChI=1S/C13H20N2O2S2/c1-10(9-18-2)15-13(16)14-8-11-4-6-12(7-5-11)19(3)17/h4-7,10H,8-9H2,1-3H3,(H2,14,15,16)/t10-,19+/m0/s1. The molecular weight excluding hydrogens is 280 g/mol. The molecule has 0 heterocycles. The van der Waals surface area contributed by atoms with E-state index in [-0.39, 0.29) is 12.1 Å². The molecule has 106 valence electrons. The van der Waals surface area contributed by atoms with E-state index in [2.05, 4.69) is 10.6 Å². The molecule has 19 heavy (non-hydrogen) atoms. The van der Waals surface area contributed by atoms with Gasteiger partial charge in [0.25, 0.3) is 0 Å². The number of nitrogens with one attached hydrogen (secondary N) is 2. The molecule has 0 aliphatic carbocycles. The predicted molar refractivity (Wildman–Crippen MR) is 82.0 cm³/mol. The van der Waals surface area contributed by atoms with Crippen LogP contribution in [0.25, 0.3) is 0 Å². The summed E-state index contributed by atoms with van der Waals surface area (Å²) in [4.78, 5) is 12.4. The molecule has 0 radical (unpaired) electrons. The lowest BCUT2D eigenvalue weighted by atomic mass is 10.2. The quantitative estimate of drug-likeness (QED) is 0.844. The SMILES string of the molecule is CSC[C@H](C)NC(=O)NCc1ccc([S@@](C)=O)cc1. The van der Waals surface area contributed by atoms with Gasteiger partial charge < -0.3 is 10.6 Å². The molecule has 2 amide bonds. The molecule has 0 bridgehead atoms. The Morgan fingerprint density at radius 1 is 1.37 bits per heavy atom. The van der Waals surface area contributed by atoms with E-state index in [9.17, 15) is 9.00 Å². The first-order valence-electron chi connectivity index (χ1n) is 5.98. The summed E-state index contributed by atoms with van der Waals surface area (Å²) >= 11 is 1.70. The highest BCUT2D eigenvalue weighted by Gasteiger charge is 2.06. The first-order valence-corrected chi connectivity index (χ1v) is 8.93. The summed E-state index contributed by atoms with van der Waals surface area (Å²) < 4.78 is 11.2. The Morgan fingerprint density at radius 2 is 2.00 bits per heavy atom. The Kier molecular flexibility index (Phi) is 6.94. The highest BCUT2D eigenvalue weighted by molar-refractivity contribution is 7.98. The van der Waals surface area contributed by atoms with Crippen molar-refractivity contribution >= 4 is 28.6 Å². The van der Waals surface area contributed by atoms with Crippen molar-refractivity contribution in [2.24, 2.45) is 0 Å². The van der Waals surface area contributed by atoms with Crippen molar-refractivity contribution in [1.82, 2.24) is 10.6 Å². The van der Waals surface area contributed by atoms with Gasteiger partial charge in [0.1, 0.15) is 0 Å². The number of carbonyl (C=O) groups is 1. The van der Waals surface area contributed by atoms with Crippen LogP contribution in [0.3, 0.4) is 0 Å². The van der Waals surface area contributed by atoms with Crippen LogP contribution in [0.2, 0.25) is 0 Å². The summed E-state index contributed by atoms with van der Waals surface area (Å²) in [5.41, 5.74) is 0.988. The van der Waals surface area contributed by atoms with Crippen LogP contribution in [0.1, 0.15) is 12.5 Å². The molecule has 0 spiro atoms. The van der Waals surface area contributed by atoms with Gasteiger partial charge in [-0.05, 0) is 30.9 Å². The van der Waals surface area contributed by atoms with Crippen LogP contribution in [0.5, 0.6) is 0 Å². The van der Waals surface area contributed by atoms with Gasteiger partial charge in [-0.25, -0.2) is 4.79 Å². The van der Waals surface area contributed by atoms with E-state index in [1.807, 2.05) is 37.4 Å². The molecule has 0 fully saturated rings. The van der Waals surface area contributed by atoms with Gasteiger partial charge in [-0.2, -0.15) is 11.8 Å². The van der Waals surface area contributed by atoms with Gasteiger partial charge in [0, 0.05) is 40.3 Å². The van der Waals surface area contributed by atoms with E-state index in [0.717, 1.165) is 16.2 Å². The summed E-state index contributed by atoms with van der Waals surface area (Å²) in [6.45, 7) is 2.44. The zero-order chi connectivity index (χ0) is 14.3. The van der Waals surface area contributed by atoms with Crippen LogP contribution in [0, 0.1) is 0 Å². The van der Waals surface area contributed by atoms with E-state index in [0.29, 0.717) is 6.54 Å². The molecule has 4 nitrogen and oxygen atoms in total. The lowest BCUT2D eigenvalue weighted by Gasteiger charge is -2.13. The zero-order valence-corrected chi connectivity index (χ0v) is 13.1. The van der Waals surface area contributed by atoms with Crippen molar-refractivity contribution in [3.8, 4) is 0 Å². The highest BCUT2D eigenvalue weighted by atomic mass is 32.2. The number of hydrogen-bond acceptors (Lipinski definition) is 3. The Morgan fingerprint density at radius 3 is 2.53 bits per heavy atom. The molecule has 0 saturated carbocycles. The third-order valence-corrected chi connectivity index (χ3v) is 4.27. The molecule has 2 atom stereocenters. The molecule has 0 aromatic heterocycles. The van der Waals surface area contributed by atoms with Crippen molar-refractivity contribution < 1.29 is 9.00 Å². The smallest absolute Gasteiger partial charge is 0.315 e. The lowest BCUT2D eigenvalue weighted by molar-refractivity contribution is 0.238. The molecule has 1 rings (SSSR count). The summed E-state index contributed by atoms with van der Waals surface area (Å²) in [6.07, 6.45) is 3.66. The average molecular weight is 300 g/mol. The normalized spacial score (nSPS) is 13.6. The Balaban J connectivity index is 2.39. The minimum absolute atomic E-state index is 0.153. The van der Waals surface area contributed by atoms with Crippen molar-refractivity contribution in [1.29, 1.82) is 0 Å². The lowest BCUT2D eigenvalue weighted by Crippen LogP contribution is -2.41. The van der Waals surface area contributed by atoms with Crippen LogP contribution < -0.4 is 10.6 Å². The third-order valence-electron chi connectivity index (χ3n) is 2.50. The largest absolute Gasteiger partial charge is 0.335 e. The van der Waals surface area contributed by atoms with Gasteiger partial charge in [0.05, 0.1) is 0 Å². The van der Waals surface area contributed by atoms with Gasteiger partial charge in [-0.3, -0.25) is 4.21 Å². The average Bonchev–Trinajstić information content (AvgIpc) is 2.37. The maximum atomic E-state index is 11.6. The summed E-state index contributed by atoms with van der Waals surface area (Å²) in [5.74, 6) is 0.893. The minimum Gasteiger partial charge on any atom is -0.335 e. The molecule has 2 N–H and O–H groups in total. The van der Waals surface area contributed by atoms with E-state index in [1.165, 1.54) is 0 Å². The van der Waals surface area contributed by atoms with Gasteiger partial charge >= 0.3 is 6.03 Å². The van der Waals surface area contributed by atoms with Crippen LogP contribution in [0.4, 0.5) is 4.79 Å². The fraction of sp³-hybridized carbons (Fsp3) is 0.462. The number of benzene rings is 1. The monoisotopic (exact) mass is 300 g/mol. The first kappa shape index (κ1) is 16.0.